The van der Waals surface area contributed by atoms with Gasteiger partial charge in [-0.1, -0.05) is 48.6 Å². The quantitative estimate of drug-likeness (QED) is 0.422. The van der Waals surface area contributed by atoms with Crippen LogP contribution in [0.4, 0.5) is 5.13 Å². The summed E-state index contributed by atoms with van der Waals surface area (Å²) in [4.78, 5) is 20.2. The Kier molecular flexibility index (Phi) is 4.95. The molecule has 1 aliphatic rings. The molecule has 6 nitrogen and oxygen atoms in total. The van der Waals surface area contributed by atoms with Crippen molar-refractivity contribution in [3.05, 3.63) is 77.5 Å². The smallest absolute Gasteiger partial charge is 0.354 e. The van der Waals surface area contributed by atoms with Crippen molar-refractivity contribution >= 4 is 38.4 Å². The zero-order valence-corrected chi connectivity index (χ0v) is 17.7. The third-order valence-electron chi connectivity index (χ3n) is 5.38. The molecule has 0 spiro atoms. The number of aromatic carboxylic acids is 1. The van der Waals surface area contributed by atoms with Crippen LogP contribution >= 0.6 is 11.3 Å². The van der Waals surface area contributed by atoms with Gasteiger partial charge in [0.1, 0.15) is 5.69 Å². The van der Waals surface area contributed by atoms with Crippen LogP contribution in [-0.4, -0.2) is 26.8 Å². The number of para-hydroxylation sites is 1. The van der Waals surface area contributed by atoms with Crippen LogP contribution in [0.5, 0.6) is 0 Å². The topological polar surface area (TPSA) is 87.5 Å². The van der Waals surface area contributed by atoms with Gasteiger partial charge in [-0.2, -0.15) is 5.10 Å². The molecule has 1 aliphatic carbocycles. The molecule has 154 valence electrons. The molecule has 2 heterocycles. The summed E-state index contributed by atoms with van der Waals surface area (Å²) in [6.07, 6.45) is 1.84. The molecule has 0 saturated carbocycles. The average Bonchev–Trinajstić information content (AvgIpc) is 3.20. The molecule has 0 radical (unpaired) electrons. The van der Waals surface area contributed by atoms with Gasteiger partial charge in [0.2, 0.25) is 5.13 Å². The molecule has 2 aromatic heterocycles. The van der Waals surface area contributed by atoms with Crippen molar-refractivity contribution in [2.75, 3.05) is 5.43 Å². The highest BCUT2D eigenvalue weighted by Crippen LogP contribution is 2.31. The Morgan fingerprint density at radius 3 is 2.81 bits per heavy atom. The highest BCUT2D eigenvalue weighted by molar-refractivity contribution is 7.22. The first kappa shape index (κ1) is 19.4. The zero-order valence-electron chi connectivity index (χ0n) is 16.9. The number of rotatable bonds is 4. The molecule has 1 unspecified atom stereocenters. The molecule has 2 aromatic carbocycles. The number of benzene rings is 2. The van der Waals surface area contributed by atoms with Crippen LogP contribution in [0.3, 0.4) is 0 Å². The second-order valence-corrected chi connectivity index (χ2v) is 8.79. The standard InChI is InChI=1S/C24H20N4O2S/c1-14-11-15-9-10-16(18-6-4-7-20(25-18)23(29)30)13-17(15)21(12-14)27-28-24-26-19-5-2-3-8-22(19)31-24/h2-10,13-14H,11-12H2,1H3,(H,26,28)(H,29,30)/b27-21+. The lowest BCUT2D eigenvalue weighted by Crippen LogP contribution is -2.20. The number of fused-ring (bicyclic) bond motifs is 2. The number of aromatic nitrogens is 2. The minimum atomic E-state index is -1.03. The molecular weight excluding hydrogens is 408 g/mol. The maximum atomic E-state index is 11.3. The van der Waals surface area contributed by atoms with Gasteiger partial charge in [0, 0.05) is 11.1 Å². The maximum absolute atomic E-state index is 11.3. The van der Waals surface area contributed by atoms with E-state index >= 15 is 0 Å². The van der Waals surface area contributed by atoms with Crippen molar-refractivity contribution in [2.24, 2.45) is 11.0 Å². The van der Waals surface area contributed by atoms with E-state index in [2.05, 4.69) is 34.5 Å². The Balaban J connectivity index is 1.50. The normalized spacial score (nSPS) is 16.9. The summed E-state index contributed by atoms with van der Waals surface area (Å²) in [6.45, 7) is 2.22. The van der Waals surface area contributed by atoms with Crippen LogP contribution in [-0.2, 0) is 6.42 Å². The second-order valence-electron chi connectivity index (χ2n) is 7.76. The van der Waals surface area contributed by atoms with E-state index in [1.165, 1.54) is 11.6 Å². The van der Waals surface area contributed by atoms with Gasteiger partial charge in [-0.3, -0.25) is 5.43 Å². The molecule has 4 aromatic rings. The molecular formula is C24H20N4O2S. The number of carbonyl (C=O) groups is 1. The van der Waals surface area contributed by atoms with Crippen LogP contribution in [0.25, 0.3) is 21.5 Å². The molecule has 0 saturated heterocycles. The molecule has 5 rings (SSSR count). The first-order chi connectivity index (χ1) is 15.1. The predicted molar refractivity (Wildman–Crippen MR) is 124 cm³/mol. The van der Waals surface area contributed by atoms with Gasteiger partial charge in [-0.25, -0.2) is 14.8 Å². The summed E-state index contributed by atoms with van der Waals surface area (Å²) < 4.78 is 1.12. The highest BCUT2D eigenvalue weighted by Gasteiger charge is 2.22. The Bertz CT molecular complexity index is 1300. The van der Waals surface area contributed by atoms with E-state index in [0.29, 0.717) is 11.6 Å². The number of hydrogen-bond donors (Lipinski definition) is 2. The van der Waals surface area contributed by atoms with E-state index in [-0.39, 0.29) is 5.69 Å². The largest absolute Gasteiger partial charge is 0.477 e. The van der Waals surface area contributed by atoms with Crippen LogP contribution in [0.1, 0.15) is 35.0 Å². The number of thiazole rings is 1. The number of hydrazone groups is 1. The van der Waals surface area contributed by atoms with Gasteiger partial charge in [-0.15, -0.1) is 0 Å². The van der Waals surface area contributed by atoms with Crippen LogP contribution in [0, 0.1) is 5.92 Å². The number of carboxylic acid groups (broad SMARTS) is 1. The SMILES string of the molecule is CC1C/C(=N\Nc2nc3ccccc3s2)c2cc(-c3cccc(C(=O)O)n3)ccc2C1. The minimum Gasteiger partial charge on any atom is -0.477 e. The Morgan fingerprint density at radius 2 is 1.97 bits per heavy atom. The van der Waals surface area contributed by atoms with Gasteiger partial charge in [-0.05, 0) is 54.7 Å². The fraction of sp³-hybridized carbons (Fsp3) is 0.167. The molecule has 31 heavy (non-hydrogen) atoms. The Morgan fingerprint density at radius 1 is 1.10 bits per heavy atom. The van der Waals surface area contributed by atoms with Gasteiger partial charge in [0.15, 0.2) is 0 Å². The number of nitrogens with one attached hydrogen (secondary N) is 1. The fourth-order valence-electron chi connectivity index (χ4n) is 3.93. The summed E-state index contributed by atoms with van der Waals surface area (Å²) in [5.74, 6) is -0.543. The van der Waals surface area contributed by atoms with E-state index in [1.807, 2.05) is 36.4 Å². The predicted octanol–water partition coefficient (Wildman–Crippen LogP) is 5.46. The zero-order chi connectivity index (χ0) is 21.4. The number of carboxylic acids is 1. The van der Waals surface area contributed by atoms with E-state index in [4.69, 9.17) is 5.10 Å². The van der Waals surface area contributed by atoms with Gasteiger partial charge in [0.25, 0.3) is 0 Å². The molecule has 1 atom stereocenters. The second kappa shape index (κ2) is 7.92. The van der Waals surface area contributed by atoms with Crippen LogP contribution < -0.4 is 5.43 Å². The number of hydrogen-bond acceptors (Lipinski definition) is 6. The summed E-state index contributed by atoms with van der Waals surface area (Å²) in [6, 6.07) is 19.2. The van der Waals surface area contributed by atoms with Gasteiger partial charge < -0.3 is 5.11 Å². The number of anilines is 1. The number of nitrogens with zero attached hydrogens (tertiary/aromatic N) is 3. The summed E-state index contributed by atoms with van der Waals surface area (Å²) in [5.41, 5.74) is 8.95. The molecule has 0 amide bonds. The van der Waals surface area contributed by atoms with Crippen molar-refractivity contribution in [3.63, 3.8) is 0 Å². The molecule has 0 bridgehead atoms. The lowest BCUT2D eigenvalue weighted by molar-refractivity contribution is 0.0690. The first-order valence-corrected chi connectivity index (χ1v) is 10.9. The molecule has 0 fully saturated rings. The van der Waals surface area contributed by atoms with Gasteiger partial charge >= 0.3 is 5.97 Å². The highest BCUT2D eigenvalue weighted by atomic mass is 32.1. The Labute approximate surface area is 183 Å². The van der Waals surface area contributed by atoms with Crippen molar-refractivity contribution < 1.29 is 9.90 Å². The van der Waals surface area contributed by atoms with E-state index in [1.54, 1.807) is 17.4 Å². The van der Waals surface area contributed by atoms with E-state index in [9.17, 15) is 9.90 Å². The summed E-state index contributed by atoms with van der Waals surface area (Å²) in [5, 5.41) is 14.7. The lowest BCUT2D eigenvalue weighted by Gasteiger charge is -2.23. The van der Waals surface area contributed by atoms with Crippen molar-refractivity contribution in [1.29, 1.82) is 0 Å². The third-order valence-corrected chi connectivity index (χ3v) is 6.32. The summed E-state index contributed by atoms with van der Waals surface area (Å²) in [7, 11) is 0. The summed E-state index contributed by atoms with van der Waals surface area (Å²) >= 11 is 1.58. The van der Waals surface area contributed by atoms with Crippen LogP contribution in [0.2, 0.25) is 0 Å². The van der Waals surface area contributed by atoms with Crippen LogP contribution in [0.15, 0.2) is 65.8 Å². The average molecular weight is 429 g/mol. The van der Waals surface area contributed by atoms with Crippen molar-refractivity contribution in [1.82, 2.24) is 9.97 Å². The third kappa shape index (κ3) is 3.92. The molecule has 2 N–H and O–H groups in total. The lowest BCUT2D eigenvalue weighted by atomic mass is 9.82. The van der Waals surface area contributed by atoms with Crippen molar-refractivity contribution in [2.45, 2.75) is 19.8 Å². The van der Waals surface area contributed by atoms with E-state index < -0.39 is 5.97 Å². The van der Waals surface area contributed by atoms with Crippen molar-refractivity contribution in [3.8, 4) is 11.3 Å². The van der Waals surface area contributed by atoms with Gasteiger partial charge in [0.05, 0.1) is 21.6 Å². The number of pyridine rings is 1. The minimum absolute atomic E-state index is 0.0373. The monoisotopic (exact) mass is 428 g/mol. The fourth-order valence-corrected chi connectivity index (χ4v) is 4.73. The first-order valence-electron chi connectivity index (χ1n) is 10.1. The Hall–Kier alpha value is -3.58. The molecule has 7 heteroatoms. The molecule has 0 aliphatic heterocycles. The maximum Gasteiger partial charge on any atom is 0.354 e. The van der Waals surface area contributed by atoms with E-state index in [0.717, 1.165) is 45.0 Å².